The van der Waals surface area contributed by atoms with Gasteiger partial charge in [-0.3, -0.25) is 4.79 Å². The standard InChI is InChI=1S/C19H25NO4/c1-13-8-9-17(21)15(11-13)19(23)24-12-18(22)20-10-4-6-14-5-2-3-7-16(14)20/h8-9,11,14,16,21H,2-7,10,12H2,1H3/t14-,16+/m0/s1. The van der Waals surface area contributed by atoms with Gasteiger partial charge in [-0.25, -0.2) is 4.79 Å². The number of amides is 1. The normalized spacial score (nSPS) is 23.5. The van der Waals surface area contributed by atoms with Crippen molar-refractivity contribution >= 4 is 11.9 Å². The van der Waals surface area contributed by atoms with E-state index >= 15 is 0 Å². The number of likely N-dealkylation sites (tertiary alicyclic amines) is 1. The number of fused-ring (bicyclic) bond motifs is 1. The Labute approximate surface area is 142 Å². The Morgan fingerprint density at radius 2 is 1.96 bits per heavy atom. The number of rotatable bonds is 3. The zero-order valence-electron chi connectivity index (χ0n) is 14.2. The lowest BCUT2D eigenvalue weighted by Crippen LogP contribution is -2.50. The smallest absolute Gasteiger partial charge is 0.342 e. The number of esters is 1. The average Bonchev–Trinajstić information content (AvgIpc) is 2.61. The molecule has 0 radical (unpaired) electrons. The van der Waals surface area contributed by atoms with E-state index in [0.717, 1.165) is 24.9 Å². The number of piperidine rings is 1. The Hall–Kier alpha value is -2.04. The van der Waals surface area contributed by atoms with Crippen molar-refractivity contribution in [2.45, 2.75) is 51.5 Å². The van der Waals surface area contributed by atoms with E-state index in [1.54, 1.807) is 12.1 Å². The summed E-state index contributed by atoms with van der Waals surface area (Å²) in [4.78, 5) is 26.6. The highest BCUT2D eigenvalue weighted by molar-refractivity contribution is 5.94. The molecule has 130 valence electrons. The van der Waals surface area contributed by atoms with Gasteiger partial charge in [0.15, 0.2) is 6.61 Å². The molecule has 1 amide bonds. The number of ether oxygens (including phenoxy) is 1. The SMILES string of the molecule is Cc1ccc(O)c(C(=O)OCC(=O)N2CCC[C@@H]3CCCC[C@H]32)c1. The first-order valence-corrected chi connectivity index (χ1v) is 8.82. The highest BCUT2D eigenvalue weighted by Gasteiger charge is 2.35. The van der Waals surface area contributed by atoms with Crippen molar-refractivity contribution in [2.24, 2.45) is 5.92 Å². The molecule has 0 unspecified atom stereocenters. The van der Waals surface area contributed by atoms with E-state index in [2.05, 4.69) is 0 Å². The molecule has 2 atom stereocenters. The molecule has 1 aromatic carbocycles. The van der Waals surface area contributed by atoms with Gasteiger partial charge in [-0.1, -0.05) is 24.5 Å². The summed E-state index contributed by atoms with van der Waals surface area (Å²) < 4.78 is 5.17. The van der Waals surface area contributed by atoms with E-state index < -0.39 is 5.97 Å². The minimum absolute atomic E-state index is 0.108. The number of carbonyl (C=O) groups excluding carboxylic acids is 2. The zero-order valence-corrected chi connectivity index (χ0v) is 14.2. The van der Waals surface area contributed by atoms with Crippen LogP contribution in [0, 0.1) is 12.8 Å². The molecule has 24 heavy (non-hydrogen) atoms. The van der Waals surface area contributed by atoms with Gasteiger partial charge in [-0.15, -0.1) is 0 Å². The molecule has 5 heteroatoms. The van der Waals surface area contributed by atoms with Gasteiger partial charge in [0.2, 0.25) is 0 Å². The molecular formula is C19H25NO4. The second-order valence-corrected chi connectivity index (χ2v) is 6.94. The van der Waals surface area contributed by atoms with Crippen molar-refractivity contribution in [1.82, 2.24) is 4.90 Å². The molecule has 1 saturated heterocycles. The van der Waals surface area contributed by atoms with Crippen LogP contribution in [-0.2, 0) is 9.53 Å². The summed E-state index contributed by atoms with van der Waals surface area (Å²) in [5.74, 6) is -0.287. The number of hydrogen-bond acceptors (Lipinski definition) is 4. The molecule has 2 aliphatic rings. The van der Waals surface area contributed by atoms with Crippen molar-refractivity contribution in [2.75, 3.05) is 13.2 Å². The lowest BCUT2D eigenvalue weighted by Gasteiger charge is -2.44. The van der Waals surface area contributed by atoms with Crippen LogP contribution in [0.15, 0.2) is 18.2 Å². The monoisotopic (exact) mass is 331 g/mol. The highest BCUT2D eigenvalue weighted by atomic mass is 16.5. The maximum absolute atomic E-state index is 12.5. The van der Waals surface area contributed by atoms with Crippen LogP contribution >= 0.6 is 0 Å². The lowest BCUT2D eigenvalue weighted by atomic mass is 9.78. The van der Waals surface area contributed by atoms with Crippen LogP contribution in [0.4, 0.5) is 0 Å². The van der Waals surface area contributed by atoms with Crippen LogP contribution in [0.1, 0.15) is 54.4 Å². The molecule has 1 aromatic rings. The number of aryl methyl sites for hydroxylation is 1. The minimum atomic E-state index is -0.651. The van der Waals surface area contributed by atoms with Crippen LogP contribution in [0.25, 0.3) is 0 Å². The van der Waals surface area contributed by atoms with E-state index in [0.29, 0.717) is 12.0 Å². The zero-order chi connectivity index (χ0) is 17.1. The van der Waals surface area contributed by atoms with Crippen LogP contribution in [0.5, 0.6) is 5.75 Å². The first-order valence-electron chi connectivity index (χ1n) is 8.82. The van der Waals surface area contributed by atoms with Gasteiger partial charge in [-0.2, -0.15) is 0 Å². The van der Waals surface area contributed by atoms with E-state index in [1.165, 1.54) is 31.7 Å². The van der Waals surface area contributed by atoms with Crippen molar-refractivity contribution < 1.29 is 19.4 Å². The summed E-state index contributed by atoms with van der Waals surface area (Å²) in [6, 6.07) is 5.06. The average molecular weight is 331 g/mol. The fourth-order valence-corrected chi connectivity index (χ4v) is 4.04. The number of hydrogen-bond donors (Lipinski definition) is 1. The van der Waals surface area contributed by atoms with Crippen LogP contribution in [-0.4, -0.2) is 41.1 Å². The number of carbonyl (C=O) groups is 2. The highest BCUT2D eigenvalue weighted by Crippen LogP contribution is 2.35. The Bertz CT molecular complexity index is 626. The Morgan fingerprint density at radius 3 is 2.79 bits per heavy atom. The third-order valence-corrected chi connectivity index (χ3v) is 5.26. The van der Waals surface area contributed by atoms with Crippen LogP contribution in [0.3, 0.4) is 0 Å². The van der Waals surface area contributed by atoms with E-state index in [9.17, 15) is 14.7 Å². The second kappa shape index (κ2) is 7.24. The van der Waals surface area contributed by atoms with Gasteiger partial charge in [-0.05, 0) is 50.7 Å². The first-order chi connectivity index (χ1) is 11.6. The van der Waals surface area contributed by atoms with Crippen molar-refractivity contribution in [3.8, 4) is 5.75 Å². The summed E-state index contributed by atoms with van der Waals surface area (Å²) in [5, 5.41) is 9.78. The van der Waals surface area contributed by atoms with Gasteiger partial charge < -0.3 is 14.7 Å². The van der Waals surface area contributed by atoms with Gasteiger partial charge in [0.25, 0.3) is 5.91 Å². The molecule has 0 bridgehead atoms. The predicted molar refractivity (Wildman–Crippen MR) is 89.8 cm³/mol. The number of nitrogens with zero attached hydrogens (tertiary/aromatic N) is 1. The Balaban J connectivity index is 1.60. The molecule has 2 fully saturated rings. The van der Waals surface area contributed by atoms with E-state index in [4.69, 9.17) is 4.74 Å². The maximum atomic E-state index is 12.5. The molecule has 0 aromatic heterocycles. The van der Waals surface area contributed by atoms with Gasteiger partial charge >= 0.3 is 5.97 Å². The minimum Gasteiger partial charge on any atom is -0.507 e. The van der Waals surface area contributed by atoms with Crippen LogP contribution in [0.2, 0.25) is 0 Å². The second-order valence-electron chi connectivity index (χ2n) is 6.94. The van der Waals surface area contributed by atoms with Crippen LogP contribution < -0.4 is 0 Å². The molecule has 1 saturated carbocycles. The summed E-state index contributed by atoms with van der Waals surface area (Å²) >= 11 is 0. The molecule has 1 aliphatic heterocycles. The molecule has 1 aliphatic carbocycles. The predicted octanol–water partition coefficient (Wildman–Crippen LogP) is 3.04. The maximum Gasteiger partial charge on any atom is 0.342 e. The largest absolute Gasteiger partial charge is 0.507 e. The summed E-state index contributed by atoms with van der Waals surface area (Å²) in [5.41, 5.74) is 0.962. The summed E-state index contributed by atoms with van der Waals surface area (Å²) in [6.45, 7) is 2.33. The fourth-order valence-electron chi connectivity index (χ4n) is 4.04. The third-order valence-electron chi connectivity index (χ3n) is 5.26. The first kappa shape index (κ1) is 16.8. The van der Waals surface area contributed by atoms with E-state index in [1.807, 2.05) is 11.8 Å². The molecule has 3 rings (SSSR count). The van der Waals surface area contributed by atoms with Crippen molar-refractivity contribution in [3.63, 3.8) is 0 Å². The molecule has 1 heterocycles. The fraction of sp³-hybridized carbons (Fsp3) is 0.579. The molecule has 1 N–H and O–H groups in total. The van der Waals surface area contributed by atoms with Crippen molar-refractivity contribution in [1.29, 1.82) is 0 Å². The van der Waals surface area contributed by atoms with Gasteiger partial charge in [0, 0.05) is 12.6 Å². The third kappa shape index (κ3) is 3.55. The lowest BCUT2D eigenvalue weighted by molar-refractivity contribution is -0.140. The molecule has 0 spiro atoms. The Morgan fingerprint density at radius 1 is 1.21 bits per heavy atom. The topological polar surface area (TPSA) is 66.8 Å². The summed E-state index contributed by atoms with van der Waals surface area (Å²) in [6.07, 6.45) is 6.91. The quantitative estimate of drug-likeness (QED) is 0.865. The number of phenols is 1. The Kier molecular flexibility index (Phi) is 5.07. The van der Waals surface area contributed by atoms with Gasteiger partial charge in [0.1, 0.15) is 11.3 Å². The van der Waals surface area contributed by atoms with Gasteiger partial charge in [0.05, 0.1) is 0 Å². The number of benzene rings is 1. The number of aromatic hydroxyl groups is 1. The number of phenolic OH excluding ortho intramolecular Hbond substituents is 1. The van der Waals surface area contributed by atoms with E-state index in [-0.39, 0.29) is 23.8 Å². The summed E-state index contributed by atoms with van der Waals surface area (Å²) in [7, 11) is 0. The van der Waals surface area contributed by atoms with Crippen molar-refractivity contribution in [3.05, 3.63) is 29.3 Å². The molecular weight excluding hydrogens is 306 g/mol. The molecule has 5 nitrogen and oxygen atoms in total.